The Kier molecular flexibility index (Phi) is 5.26. The van der Waals surface area contributed by atoms with Gasteiger partial charge in [0.15, 0.2) is 0 Å². The van der Waals surface area contributed by atoms with Crippen molar-refractivity contribution in [1.82, 2.24) is 4.98 Å². The van der Waals surface area contributed by atoms with Gasteiger partial charge in [-0.15, -0.1) is 11.3 Å². The third kappa shape index (κ3) is 4.15. The van der Waals surface area contributed by atoms with Crippen molar-refractivity contribution >= 4 is 22.7 Å². The first-order valence-corrected chi connectivity index (χ1v) is 9.73. The summed E-state index contributed by atoms with van der Waals surface area (Å²) >= 11 is 1.51. The van der Waals surface area contributed by atoms with Crippen molar-refractivity contribution in [2.24, 2.45) is 5.10 Å². The number of hydrogen-bond acceptors (Lipinski definition) is 4. The van der Waals surface area contributed by atoms with Crippen LogP contribution in [0.2, 0.25) is 0 Å². The molecule has 5 heteroatoms. The fraction of sp³-hybridized carbons (Fsp3) is 0.0435. The number of hydrogen-bond donors (Lipinski definition) is 1. The van der Waals surface area contributed by atoms with E-state index in [1.807, 2.05) is 66.0 Å². The van der Waals surface area contributed by atoms with Crippen LogP contribution in [0.25, 0.3) is 22.4 Å². The lowest BCUT2D eigenvalue weighted by Gasteiger charge is -2.04. The molecule has 0 radical (unpaired) electrons. The van der Waals surface area contributed by atoms with Gasteiger partial charge in [0.1, 0.15) is 5.82 Å². The van der Waals surface area contributed by atoms with Crippen LogP contribution in [0.4, 0.5) is 9.52 Å². The van der Waals surface area contributed by atoms with Crippen molar-refractivity contribution in [3.05, 3.63) is 95.1 Å². The minimum atomic E-state index is -0.189. The van der Waals surface area contributed by atoms with E-state index in [0.717, 1.165) is 33.1 Å². The first kappa shape index (κ1) is 18.1. The molecule has 0 unspecified atom stereocenters. The molecule has 0 spiro atoms. The fourth-order valence-electron chi connectivity index (χ4n) is 2.76. The molecule has 1 N–H and O–H groups in total. The van der Waals surface area contributed by atoms with Gasteiger partial charge in [0.2, 0.25) is 5.13 Å². The molecule has 0 aliphatic carbocycles. The van der Waals surface area contributed by atoms with E-state index in [1.165, 1.54) is 11.3 Å². The minimum absolute atomic E-state index is 0.189. The number of benzene rings is 3. The molecule has 0 bridgehead atoms. The predicted octanol–water partition coefficient (Wildman–Crippen LogP) is 6.37. The number of nitrogens with zero attached hydrogens (tertiary/aromatic N) is 2. The zero-order valence-electron chi connectivity index (χ0n) is 15.3. The van der Waals surface area contributed by atoms with Gasteiger partial charge in [-0.25, -0.2) is 9.37 Å². The van der Waals surface area contributed by atoms with Gasteiger partial charge in [0.05, 0.1) is 11.9 Å². The van der Waals surface area contributed by atoms with Crippen LogP contribution in [0.1, 0.15) is 11.1 Å². The number of thiazole rings is 1. The quantitative estimate of drug-likeness (QED) is 0.319. The third-order valence-electron chi connectivity index (χ3n) is 4.36. The van der Waals surface area contributed by atoms with Crippen LogP contribution in [0, 0.1) is 12.7 Å². The fourth-order valence-corrected chi connectivity index (χ4v) is 3.43. The lowest BCUT2D eigenvalue weighted by Crippen LogP contribution is -1.90. The number of nitrogens with one attached hydrogen (secondary N) is 1. The molecule has 28 heavy (non-hydrogen) atoms. The maximum Gasteiger partial charge on any atom is 0.203 e. The van der Waals surface area contributed by atoms with Crippen LogP contribution >= 0.6 is 11.3 Å². The Labute approximate surface area is 167 Å². The summed E-state index contributed by atoms with van der Waals surface area (Å²) in [5.74, 6) is -0.189. The number of rotatable bonds is 5. The normalized spacial score (nSPS) is 11.1. The molecular formula is C23H18FN3S. The summed E-state index contributed by atoms with van der Waals surface area (Å²) in [6.45, 7) is 1.76. The van der Waals surface area contributed by atoms with Crippen LogP contribution in [0.15, 0.2) is 83.3 Å². The Morgan fingerprint density at radius 3 is 2.43 bits per heavy atom. The summed E-state index contributed by atoms with van der Waals surface area (Å²) in [7, 11) is 0. The number of aryl methyl sites for hydroxylation is 1. The molecule has 4 rings (SSSR count). The van der Waals surface area contributed by atoms with Crippen molar-refractivity contribution in [3.8, 4) is 22.4 Å². The maximum absolute atomic E-state index is 13.7. The molecule has 0 saturated heterocycles. The average Bonchev–Trinajstić information content (AvgIpc) is 3.20. The zero-order valence-corrected chi connectivity index (χ0v) is 16.1. The highest BCUT2D eigenvalue weighted by Crippen LogP contribution is 2.25. The predicted molar refractivity (Wildman–Crippen MR) is 115 cm³/mol. The first-order chi connectivity index (χ1) is 13.7. The molecule has 0 fully saturated rings. The topological polar surface area (TPSA) is 37.3 Å². The van der Waals surface area contributed by atoms with Gasteiger partial charge in [-0.2, -0.15) is 5.10 Å². The number of anilines is 1. The van der Waals surface area contributed by atoms with Crippen LogP contribution in [-0.2, 0) is 0 Å². The van der Waals surface area contributed by atoms with Crippen molar-refractivity contribution < 1.29 is 4.39 Å². The van der Waals surface area contributed by atoms with E-state index in [9.17, 15) is 4.39 Å². The largest absolute Gasteiger partial charge is 0.253 e. The second kappa shape index (κ2) is 8.15. The summed E-state index contributed by atoms with van der Waals surface area (Å²) in [5.41, 5.74) is 8.41. The maximum atomic E-state index is 13.7. The van der Waals surface area contributed by atoms with E-state index in [1.54, 1.807) is 25.3 Å². The number of hydrazone groups is 1. The van der Waals surface area contributed by atoms with Gasteiger partial charge in [0.25, 0.3) is 0 Å². The highest BCUT2D eigenvalue weighted by molar-refractivity contribution is 7.14. The highest BCUT2D eigenvalue weighted by atomic mass is 32.1. The lowest BCUT2D eigenvalue weighted by molar-refractivity contribution is 0.619. The van der Waals surface area contributed by atoms with Crippen LogP contribution < -0.4 is 5.43 Å². The van der Waals surface area contributed by atoms with E-state index in [-0.39, 0.29) is 5.82 Å². The molecule has 0 aliphatic heterocycles. The highest BCUT2D eigenvalue weighted by Gasteiger charge is 2.04. The molecule has 3 aromatic carbocycles. The Balaban J connectivity index is 1.41. The van der Waals surface area contributed by atoms with Gasteiger partial charge in [-0.05, 0) is 35.2 Å². The first-order valence-electron chi connectivity index (χ1n) is 8.86. The van der Waals surface area contributed by atoms with Gasteiger partial charge in [-0.1, -0.05) is 66.7 Å². The summed E-state index contributed by atoms with van der Waals surface area (Å²) in [6, 6.07) is 23.1. The van der Waals surface area contributed by atoms with E-state index < -0.39 is 0 Å². The molecule has 1 aromatic heterocycles. The summed E-state index contributed by atoms with van der Waals surface area (Å²) < 4.78 is 13.7. The van der Waals surface area contributed by atoms with Gasteiger partial charge < -0.3 is 0 Å². The van der Waals surface area contributed by atoms with Gasteiger partial charge in [-0.3, -0.25) is 5.43 Å². The third-order valence-corrected chi connectivity index (χ3v) is 5.11. The molecule has 0 atom stereocenters. The zero-order chi connectivity index (χ0) is 19.3. The SMILES string of the molecule is Cc1ccc(-c2ccc(C=NNc3nc(-c4ccccc4)cs3)cc2)cc1F. The van der Waals surface area contributed by atoms with E-state index in [4.69, 9.17) is 0 Å². The molecule has 3 nitrogen and oxygen atoms in total. The average molecular weight is 387 g/mol. The standard InChI is InChI=1S/C23H18FN3S/c1-16-7-10-20(13-21(16)24)18-11-8-17(9-12-18)14-25-27-23-26-22(15-28-23)19-5-3-2-4-6-19/h2-15H,1H3,(H,26,27). The van der Waals surface area contributed by atoms with Crippen LogP contribution in [-0.4, -0.2) is 11.2 Å². The van der Waals surface area contributed by atoms with Gasteiger partial charge >= 0.3 is 0 Å². The minimum Gasteiger partial charge on any atom is -0.253 e. The van der Waals surface area contributed by atoms with Crippen LogP contribution in [0.3, 0.4) is 0 Å². The monoisotopic (exact) mass is 387 g/mol. The lowest BCUT2D eigenvalue weighted by atomic mass is 10.0. The smallest absolute Gasteiger partial charge is 0.203 e. The summed E-state index contributed by atoms with van der Waals surface area (Å²) in [4.78, 5) is 4.54. The van der Waals surface area contributed by atoms with Crippen molar-refractivity contribution in [2.75, 3.05) is 5.43 Å². The molecule has 0 amide bonds. The molecule has 138 valence electrons. The van der Waals surface area contributed by atoms with Crippen molar-refractivity contribution in [2.45, 2.75) is 6.92 Å². The molecular weight excluding hydrogens is 369 g/mol. The second-order valence-electron chi connectivity index (χ2n) is 6.36. The second-order valence-corrected chi connectivity index (χ2v) is 7.22. The number of halogens is 1. The van der Waals surface area contributed by atoms with Crippen LogP contribution in [0.5, 0.6) is 0 Å². The van der Waals surface area contributed by atoms with E-state index in [0.29, 0.717) is 5.56 Å². The van der Waals surface area contributed by atoms with E-state index in [2.05, 4.69) is 15.5 Å². The van der Waals surface area contributed by atoms with Gasteiger partial charge in [0, 0.05) is 10.9 Å². The summed E-state index contributed by atoms with van der Waals surface area (Å²) in [5, 5.41) is 7.00. The Hall–Kier alpha value is -3.31. The Bertz CT molecular complexity index is 1100. The molecule has 1 heterocycles. The molecule has 0 aliphatic rings. The van der Waals surface area contributed by atoms with Crippen molar-refractivity contribution in [3.63, 3.8) is 0 Å². The molecule has 0 saturated carbocycles. The summed E-state index contributed by atoms with van der Waals surface area (Å²) in [6.07, 6.45) is 1.74. The Morgan fingerprint density at radius 1 is 0.929 bits per heavy atom. The molecule has 4 aromatic rings. The van der Waals surface area contributed by atoms with E-state index >= 15 is 0 Å². The van der Waals surface area contributed by atoms with Crippen molar-refractivity contribution in [1.29, 1.82) is 0 Å². The Morgan fingerprint density at radius 2 is 1.68 bits per heavy atom. The number of aromatic nitrogens is 1.